The molecule has 0 spiro atoms. The van der Waals surface area contributed by atoms with Crippen LogP contribution in [-0.2, 0) is 29.9 Å². The molecule has 0 rings (SSSR count). The minimum atomic E-state index is -2.88. The van der Waals surface area contributed by atoms with E-state index in [9.17, 15) is 18.4 Å². The Morgan fingerprint density at radius 2 is 1.30 bits per heavy atom. The van der Waals surface area contributed by atoms with Crippen LogP contribution in [0, 0.1) is 0 Å². The SMILES string of the molecule is CCCCCCCCCCCCOC(=O)CCC(=O)OS(=O)[O-]. The van der Waals surface area contributed by atoms with Crippen molar-refractivity contribution in [1.29, 1.82) is 0 Å². The zero-order valence-electron chi connectivity index (χ0n) is 14.1. The van der Waals surface area contributed by atoms with Gasteiger partial charge in [0.25, 0.3) is 0 Å². The van der Waals surface area contributed by atoms with E-state index in [0.717, 1.165) is 19.3 Å². The molecular formula is C16H29O6S-. The highest BCUT2D eigenvalue weighted by molar-refractivity contribution is 7.74. The molecule has 0 bridgehead atoms. The molecule has 0 aromatic carbocycles. The van der Waals surface area contributed by atoms with Crippen molar-refractivity contribution in [3.63, 3.8) is 0 Å². The number of hydrogen-bond acceptors (Lipinski definition) is 6. The van der Waals surface area contributed by atoms with Crippen molar-refractivity contribution >= 4 is 23.3 Å². The van der Waals surface area contributed by atoms with Crippen LogP contribution in [0.3, 0.4) is 0 Å². The first-order valence-electron chi connectivity index (χ1n) is 8.52. The monoisotopic (exact) mass is 349 g/mol. The van der Waals surface area contributed by atoms with Gasteiger partial charge in [0, 0.05) is 0 Å². The van der Waals surface area contributed by atoms with Crippen molar-refractivity contribution in [2.75, 3.05) is 6.61 Å². The fourth-order valence-electron chi connectivity index (χ4n) is 2.17. The third kappa shape index (κ3) is 17.2. The van der Waals surface area contributed by atoms with Crippen LogP contribution in [0.15, 0.2) is 0 Å². The van der Waals surface area contributed by atoms with Gasteiger partial charge in [0.1, 0.15) is 11.4 Å². The summed E-state index contributed by atoms with van der Waals surface area (Å²) in [5.74, 6) is -1.45. The second-order valence-corrected chi connectivity index (χ2v) is 6.14. The van der Waals surface area contributed by atoms with Crippen LogP contribution < -0.4 is 0 Å². The Labute approximate surface area is 141 Å². The molecule has 0 aliphatic carbocycles. The number of unbranched alkanes of at least 4 members (excludes halogenated alkanes) is 9. The molecule has 0 aliphatic rings. The quantitative estimate of drug-likeness (QED) is 0.255. The normalized spacial score (nSPS) is 11.9. The molecule has 136 valence electrons. The molecule has 0 amide bonds. The maximum absolute atomic E-state index is 11.3. The average Bonchev–Trinajstić information content (AvgIpc) is 2.50. The van der Waals surface area contributed by atoms with Crippen LogP contribution >= 0.6 is 0 Å². The molecule has 0 heterocycles. The van der Waals surface area contributed by atoms with Gasteiger partial charge in [-0.3, -0.25) is 9.59 Å². The summed E-state index contributed by atoms with van der Waals surface area (Å²) in [5, 5.41) is 0. The third-order valence-electron chi connectivity index (χ3n) is 3.46. The molecule has 1 unspecified atom stereocenters. The zero-order chi connectivity index (χ0) is 17.3. The van der Waals surface area contributed by atoms with Gasteiger partial charge in [-0.05, 0) is 6.42 Å². The predicted octanol–water partition coefficient (Wildman–Crippen LogP) is 3.57. The minimum absolute atomic E-state index is 0.159. The third-order valence-corrected chi connectivity index (χ3v) is 3.78. The first-order chi connectivity index (χ1) is 11.1. The first-order valence-corrected chi connectivity index (χ1v) is 9.52. The topological polar surface area (TPSA) is 92.7 Å². The van der Waals surface area contributed by atoms with E-state index in [1.54, 1.807) is 0 Å². The zero-order valence-corrected chi connectivity index (χ0v) is 14.9. The van der Waals surface area contributed by atoms with Gasteiger partial charge in [0.2, 0.25) is 0 Å². The van der Waals surface area contributed by atoms with Crippen molar-refractivity contribution in [3.05, 3.63) is 0 Å². The molecule has 0 aromatic rings. The van der Waals surface area contributed by atoms with Crippen LogP contribution in [0.2, 0.25) is 0 Å². The first kappa shape index (κ1) is 22.1. The van der Waals surface area contributed by atoms with Crippen molar-refractivity contribution in [2.45, 2.75) is 84.0 Å². The van der Waals surface area contributed by atoms with Gasteiger partial charge in [0.15, 0.2) is 0 Å². The van der Waals surface area contributed by atoms with E-state index in [0.29, 0.717) is 6.61 Å². The summed E-state index contributed by atoms with van der Waals surface area (Å²) in [7, 11) is 0. The lowest BCUT2D eigenvalue weighted by atomic mass is 10.1. The van der Waals surface area contributed by atoms with Crippen molar-refractivity contribution in [3.8, 4) is 0 Å². The molecule has 0 aliphatic heterocycles. The summed E-state index contributed by atoms with van der Waals surface area (Å²) in [6, 6.07) is 0. The van der Waals surface area contributed by atoms with E-state index in [1.807, 2.05) is 0 Å². The molecule has 0 saturated carbocycles. The maximum atomic E-state index is 11.3. The highest BCUT2D eigenvalue weighted by atomic mass is 32.2. The van der Waals surface area contributed by atoms with Crippen molar-refractivity contribution in [1.82, 2.24) is 0 Å². The Balaban J connectivity index is 3.29. The Morgan fingerprint density at radius 1 is 0.826 bits per heavy atom. The molecule has 0 aromatic heterocycles. The second-order valence-electron chi connectivity index (χ2n) is 5.56. The van der Waals surface area contributed by atoms with E-state index in [-0.39, 0.29) is 12.8 Å². The number of esters is 1. The standard InChI is InChI=1S/C16H30O6S/c1-2-3-4-5-6-7-8-9-10-11-14-21-15(17)12-13-16(18)22-23(19)20/h2-14H2,1H3,(H,19,20)/p-1. The highest BCUT2D eigenvalue weighted by Crippen LogP contribution is 2.10. The van der Waals surface area contributed by atoms with E-state index in [1.165, 1.54) is 44.9 Å². The fourth-order valence-corrected chi connectivity index (χ4v) is 2.40. The van der Waals surface area contributed by atoms with Crippen LogP contribution in [-0.4, -0.2) is 27.3 Å². The average molecular weight is 349 g/mol. The van der Waals surface area contributed by atoms with E-state index >= 15 is 0 Å². The lowest BCUT2D eigenvalue weighted by Gasteiger charge is -2.06. The Bertz CT molecular complexity index is 345. The van der Waals surface area contributed by atoms with Crippen LogP contribution in [0.25, 0.3) is 0 Å². The van der Waals surface area contributed by atoms with E-state index < -0.39 is 23.3 Å². The van der Waals surface area contributed by atoms with Gasteiger partial charge in [-0.25, -0.2) is 4.21 Å². The summed E-state index contributed by atoms with van der Waals surface area (Å²) < 4.78 is 29.0. The molecule has 0 N–H and O–H groups in total. The molecule has 1 atom stereocenters. The van der Waals surface area contributed by atoms with Gasteiger partial charge in [-0.1, -0.05) is 64.7 Å². The van der Waals surface area contributed by atoms with Gasteiger partial charge >= 0.3 is 11.9 Å². The maximum Gasteiger partial charge on any atom is 0.319 e. The predicted molar refractivity (Wildman–Crippen MR) is 87.0 cm³/mol. The number of ether oxygens (including phenoxy) is 1. The molecule has 0 fully saturated rings. The van der Waals surface area contributed by atoms with Crippen LogP contribution in [0.1, 0.15) is 84.0 Å². The van der Waals surface area contributed by atoms with Crippen molar-refractivity contribution in [2.24, 2.45) is 0 Å². The summed E-state index contributed by atoms with van der Waals surface area (Å²) >= 11 is -2.88. The Morgan fingerprint density at radius 3 is 1.83 bits per heavy atom. The number of carbonyl (C=O) groups excluding carboxylic acids is 2. The molecule has 7 heteroatoms. The minimum Gasteiger partial charge on any atom is -0.740 e. The van der Waals surface area contributed by atoms with Gasteiger partial charge in [0.05, 0.1) is 19.4 Å². The molecule has 0 saturated heterocycles. The number of carbonyl (C=O) groups is 2. The summed E-state index contributed by atoms with van der Waals surface area (Å²) in [6.07, 6.45) is 11.6. The number of hydrogen-bond donors (Lipinski definition) is 0. The van der Waals surface area contributed by atoms with Crippen molar-refractivity contribution < 1.29 is 27.3 Å². The largest absolute Gasteiger partial charge is 0.740 e. The van der Waals surface area contributed by atoms with E-state index in [4.69, 9.17) is 4.74 Å². The van der Waals surface area contributed by atoms with Crippen LogP contribution in [0.5, 0.6) is 0 Å². The second kappa shape index (κ2) is 15.9. The highest BCUT2D eigenvalue weighted by Gasteiger charge is 2.09. The van der Waals surface area contributed by atoms with Gasteiger partial charge < -0.3 is 13.5 Å². The Hall–Kier alpha value is -0.950. The molecule has 6 nitrogen and oxygen atoms in total. The lowest BCUT2D eigenvalue weighted by molar-refractivity contribution is -0.147. The smallest absolute Gasteiger partial charge is 0.319 e. The van der Waals surface area contributed by atoms with E-state index in [2.05, 4.69) is 11.1 Å². The summed E-state index contributed by atoms with van der Waals surface area (Å²) in [5.41, 5.74) is 0. The molecule has 0 radical (unpaired) electrons. The van der Waals surface area contributed by atoms with Gasteiger partial charge in [-0.15, -0.1) is 0 Å². The summed E-state index contributed by atoms with van der Waals surface area (Å²) in [4.78, 5) is 22.2. The summed E-state index contributed by atoms with van der Waals surface area (Å²) in [6.45, 7) is 2.56. The lowest BCUT2D eigenvalue weighted by Crippen LogP contribution is -2.11. The van der Waals surface area contributed by atoms with Crippen LogP contribution in [0.4, 0.5) is 0 Å². The Kier molecular flexibility index (Phi) is 15.3. The number of rotatable bonds is 15. The van der Waals surface area contributed by atoms with Gasteiger partial charge in [-0.2, -0.15) is 0 Å². The molecular weight excluding hydrogens is 320 g/mol. The molecule has 23 heavy (non-hydrogen) atoms. The fraction of sp³-hybridized carbons (Fsp3) is 0.875.